The number of fused-ring (bicyclic) bond motifs is 11. The van der Waals surface area contributed by atoms with Gasteiger partial charge in [0.05, 0.1) is 17.1 Å². The molecule has 0 atom stereocenters. The van der Waals surface area contributed by atoms with Crippen molar-refractivity contribution >= 4 is 109 Å². The van der Waals surface area contributed by atoms with Gasteiger partial charge < -0.3 is 14.2 Å². The lowest BCUT2D eigenvalue weighted by atomic mass is 9.94. The van der Waals surface area contributed by atoms with E-state index in [0.717, 1.165) is 99.6 Å². The number of halogens is 1. The van der Waals surface area contributed by atoms with Crippen LogP contribution in [-0.2, 0) is 0 Å². The van der Waals surface area contributed by atoms with Crippen LogP contribution in [0.15, 0.2) is 290 Å². The summed E-state index contributed by atoms with van der Waals surface area (Å²) in [4.78, 5) is 4.43. The molecule has 0 aliphatic heterocycles. The highest BCUT2D eigenvalue weighted by molar-refractivity contribution is 7.27. The molecule has 0 saturated carbocycles. The van der Waals surface area contributed by atoms with Crippen molar-refractivity contribution in [3.63, 3.8) is 0 Å². The molecule has 15 aromatic rings. The Bertz CT molecular complexity index is 4780. The molecule has 79 heavy (non-hydrogen) atoms. The van der Waals surface area contributed by atoms with Gasteiger partial charge in [0.1, 0.15) is 11.4 Å². The van der Waals surface area contributed by atoms with Crippen LogP contribution in [0.2, 0.25) is 0 Å². The number of nitrogens with zero attached hydrogens (tertiary/aromatic N) is 2. The first-order valence-electron chi connectivity index (χ1n) is 26.7. The number of hydrogen-bond donors (Lipinski definition) is 0. The molecule has 3 nitrogen and oxygen atoms in total. The summed E-state index contributed by atoms with van der Waals surface area (Å²) in [5, 5.41) is 9.39. The van der Waals surface area contributed by atoms with Crippen molar-refractivity contribution in [1.29, 1.82) is 0 Å². The molecule has 0 aliphatic carbocycles. The van der Waals surface area contributed by atoms with E-state index in [1.165, 1.54) is 37.0 Å². The maximum Gasteiger partial charge on any atom is 0.159 e. The van der Waals surface area contributed by atoms with Crippen LogP contribution in [0.4, 0.5) is 38.5 Å². The van der Waals surface area contributed by atoms with Crippen LogP contribution in [0.25, 0.3) is 108 Å². The molecule has 0 bridgehead atoms. The molecule has 0 fully saturated rings. The third kappa shape index (κ3) is 7.93. The van der Waals surface area contributed by atoms with Crippen LogP contribution in [0, 0.1) is 5.82 Å². The molecule has 0 spiro atoms. The van der Waals surface area contributed by atoms with Crippen LogP contribution in [-0.4, -0.2) is 0 Å². The largest absolute Gasteiger partial charge is 0.454 e. The standard InChI is InChI=1S/C74H47FN2OS/c75-66-46-53(48-20-5-1-6-21-48)45-64(51-24-9-3-10-25-51)72(66)76(54-26-11-4-12-27-54)56-41-43-63-70(47-56)79-74-62-42-38-52(44-65(62)58-29-13-14-31-60(58)71(63)74)49-36-39-55(40-37-49)77(67-33-17-15-28-57(67)50-22-7-2-8-23-50)68-34-19-32-61-59-30-16-18-35-69(59)78-73(61)68/h1-47H. The highest BCUT2D eigenvalue weighted by atomic mass is 32.1. The monoisotopic (exact) mass is 1030 g/mol. The van der Waals surface area contributed by atoms with E-state index >= 15 is 4.39 Å². The first-order valence-corrected chi connectivity index (χ1v) is 27.5. The van der Waals surface area contributed by atoms with Gasteiger partial charge in [-0.15, -0.1) is 11.3 Å². The van der Waals surface area contributed by atoms with Crippen molar-refractivity contribution in [3.8, 4) is 44.5 Å². The summed E-state index contributed by atoms with van der Waals surface area (Å²) in [6, 6.07) is 99.5. The van der Waals surface area contributed by atoms with Gasteiger partial charge in [0.15, 0.2) is 5.58 Å². The van der Waals surface area contributed by atoms with Crippen molar-refractivity contribution in [2.75, 3.05) is 9.80 Å². The molecule has 0 radical (unpaired) electrons. The summed E-state index contributed by atoms with van der Waals surface area (Å²) >= 11 is 1.80. The Labute approximate surface area is 460 Å². The number of hydrogen-bond acceptors (Lipinski definition) is 4. The highest BCUT2D eigenvalue weighted by Crippen LogP contribution is 2.50. The number of rotatable bonds is 10. The fraction of sp³-hybridized carbons (Fsp3) is 0. The Morgan fingerprint density at radius 3 is 1.63 bits per heavy atom. The first kappa shape index (κ1) is 46.2. The normalized spacial score (nSPS) is 11.6. The van der Waals surface area contributed by atoms with E-state index in [-0.39, 0.29) is 5.82 Å². The second-order valence-electron chi connectivity index (χ2n) is 20.1. The lowest BCUT2D eigenvalue weighted by Crippen LogP contribution is -2.13. The smallest absolute Gasteiger partial charge is 0.159 e. The van der Waals surface area contributed by atoms with Gasteiger partial charge in [-0.2, -0.15) is 0 Å². The average molecular weight is 1030 g/mol. The summed E-state index contributed by atoms with van der Waals surface area (Å²) < 4.78 is 26.5. The van der Waals surface area contributed by atoms with E-state index in [2.05, 4.69) is 210 Å². The Morgan fingerprint density at radius 2 is 0.873 bits per heavy atom. The Kier molecular flexibility index (Phi) is 11.2. The number of benzene rings is 13. The molecule has 0 amide bonds. The minimum Gasteiger partial charge on any atom is -0.454 e. The quantitative estimate of drug-likeness (QED) is 0.127. The topological polar surface area (TPSA) is 19.6 Å². The summed E-state index contributed by atoms with van der Waals surface area (Å²) in [5.74, 6) is -0.297. The van der Waals surface area contributed by atoms with Gasteiger partial charge in [0.2, 0.25) is 0 Å². The van der Waals surface area contributed by atoms with Crippen molar-refractivity contribution in [3.05, 3.63) is 291 Å². The van der Waals surface area contributed by atoms with Crippen molar-refractivity contribution in [1.82, 2.24) is 0 Å². The van der Waals surface area contributed by atoms with Crippen molar-refractivity contribution < 1.29 is 8.81 Å². The minimum absolute atomic E-state index is 0.297. The van der Waals surface area contributed by atoms with Crippen LogP contribution < -0.4 is 9.80 Å². The fourth-order valence-electron chi connectivity index (χ4n) is 11.9. The van der Waals surface area contributed by atoms with E-state index in [1.54, 1.807) is 17.4 Å². The molecule has 0 unspecified atom stereocenters. The zero-order valence-corrected chi connectivity index (χ0v) is 43.5. The number of para-hydroxylation sites is 4. The van der Waals surface area contributed by atoms with E-state index < -0.39 is 0 Å². The number of anilines is 6. The van der Waals surface area contributed by atoms with Gasteiger partial charge in [-0.3, -0.25) is 0 Å². The molecule has 0 N–H and O–H groups in total. The maximum atomic E-state index is 17.4. The van der Waals surface area contributed by atoms with E-state index in [4.69, 9.17) is 4.42 Å². The number of thiophene rings is 1. The summed E-state index contributed by atoms with van der Waals surface area (Å²) in [7, 11) is 0. The van der Waals surface area contributed by atoms with Gasteiger partial charge >= 0.3 is 0 Å². The van der Waals surface area contributed by atoms with Crippen LogP contribution in [0.1, 0.15) is 0 Å². The first-order chi connectivity index (χ1) is 39.1. The van der Waals surface area contributed by atoms with Crippen molar-refractivity contribution in [2.45, 2.75) is 0 Å². The highest BCUT2D eigenvalue weighted by Gasteiger charge is 2.26. The SMILES string of the molecule is Fc1cc(-c2ccccc2)cc(-c2ccccc2)c1N(c1ccccc1)c1ccc2c(c1)sc1c3ccc(-c4ccc(N(c5ccccc5-c5ccccc5)c5cccc6c5oc5ccccc56)cc4)cc3c3ccccc3c21. The Balaban J connectivity index is 0.860. The predicted octanol–water partition coefficient (Wildman–Crippen LogP) is 22.0. The van der Waals surface area contributed by atoms with Crippen molar-refractivity contribution in [2.24, 2.45) is 0 Å². The molecule has 2 aromatic heterocycles. The zero-order chi connectivity index (χ0) is 52.4. The second kappa shape index (κ2) is 19.2. The van der Waals surface area contributed by atoms with E-state index in [9.17, 15) is 0 Å². The van der Waals surface area contributed by atoms with Gasteiger partial charge in [-0.25, -0.2) is 4.39 Å². The zero-order valence-electron chi connectivity index (χ0n) is 42.7. The molecule has 0 aliphatic rings. The average Bonchev–Trinajstić information content (AvgIpc) is 4.17. The molecular formula is C74H47FN2OS. The summed E-state index contributed by atoms with van der Waals surface area (Å²) in [5.41, 5.74) is 15.1. The van der Waals surface area contributed by atoms with Gasteiger partial charge in [0, 0.05) is 64.5 Å². The van der Waals surface area contributed by atoms with Gasteiger partial charge in [-0.05, 0) is 122 Å². The second-order valence-corrected chi connectivity index (χ2v) is 21.1. The Morgan fingerprint density at radius 1 is 0.316 bits per heavy atom. The molecule has 0 saturated heterocycles. The van der Waals surface area contributed by atoms with Crippen LogP contribution in [0.3, 0.4) is 0 Å². The lowest BCUT2D eigenvalue weighted by molar-refractivity contribution is 0.630. The van der Waals surface area contributed by atoms with Crippen LogP contribution in [0.5, 0.6) is 0 Å². The molecule has 13 aromatic carbocycles. The van der Waals surface area contributed by atoms with E-state index in [1.807, 2.05) is 78.9 Å². The third-order valence-electron chi connectivity index (χ3n) is 15.5. The summed E-state index contributed by atoms with van der Waals surface area (Å²) in [6.07, 6.45) is 0. The van der Waals surface area contributed by atoms with Gasteiger partial charge in [0.25, 0.3) is 0 Å². The number of furan rings is 1. The Hall–Kier alpha value is -10.1. The lowest BCUT2D eigenvalue weighted by Gasteiger charge is -2.29. The van der Waals surface area contributed by atoms with E-state index in [0.29, 0.717) is 5.69 Å². The van der Waals surface area contributed by atoms with Crippen LogP contribution >= 0.6 is 11.3 Å². The predicted molar refractivity (Wildman–Crippen MR) is 333 cm³/mol. The third-order valence-corrected chi connectivity index (χ3v) is 16.7. The molecule has 2 heterocycles. The molecular weight excluding hydrogens is 984 g/mol. The maximum absolute atomic E-state index is 17.4. The summed E-state index contributed by atoms with van der Waals surface area (Å²) in [6.45, 7) is 0. The molecule has 15 rings (SSSR count). The fourth-order valence-corrected chi connectivity index (χ4v) is 13.1. The minimum atomic E-state index is -0.297. The van der Waals surface area contributed by atoms with Gasteiger partial charge in [-0.1, -0.05) is 212 Å². The molecule has 372 valence electrons. The molecule has 5 heteroatoms.